The molecule has 27 heavy (non-hydrogen) atoms. The fraction of sp³-hybridized carbons (Fsp3) is 0.250. The molecule has 0 unspecified atom stereocenters. The second-order valence-corrected chi connectivity index (χ2v) is 8.30. The summed E-state index contributed by atoms with van der Waals surface area (Å²) in [4.78, 5) is 38.9. The molecule has 1 heterocycles. The molecule has 2 aliphatic rings. The van der Waals surface area contributed by atoms with Crippen LogP contribution in [0.25, 0.3) is 0 Å². The van der Waals surface area contributed by atoms with E-state index in [1.807, 2.05) is 19.1 Å². The average molecular weight is 404 g/mol. The highest BCUT2D eigenvalue weighted by molar-refractivity contribution is 6.50. The van der Waals surface area contributed by atoms with E-state index in [1.54, 1.807) is 12.1 Å². The zero-order chi connectivity index (χ0) is 19.3. The number of carbonyl (C=O) groups excluding carboxylic acids is 3. The first kappa shape index (κ1) is 18.0. The number of alkyl halides is 2. The number of benzene rings is 2. The number of imide groups is 1. The van der Waals surface area contributed by atoms with E-state index < -0.39 is 22.1 Å². The Labute approximate surface area is 165 Å². The highest BCUT2D eigenvalue weighted by atomic mass is 35.5. The van der Waals surface area contributed by atoms with Crippen LogP contribution in [0.1, 0.15) is 43.1 Å². The predicted molar refractivity (Wildman–Crippen MR) is 102 cm³/mol. The van der Waals surface area contributed by atoms with Gasteiger partial charge in [-0.3, -0.25) is 9.59 Å². The first-order valence-corrected chi connectivity index (χ1v) is 9.18. The molecule has 1 aliphatic carbocycles. The van der Waals surface area contributed by atoms with Gasteiger partial charge in [0.15, 0.2) is 0 Å². The molecule has 0 aromatic heterocycles. The molecule has 1 fully saturated rings. The maximum absolute atomic E-state index is 12.8. The average Bonchev–Trinajstić information content (AvgIpc) is 3.18. The molecule has 1 atom stereocenters. The largest absolute Gasteiger partial charge is 0.462 e. The maximum atomic E-state index is 12.8. The Morgan fingerprint density at radius 2 is 1.81 bits per heavy atom. The molecular formula is C20H15Cl2NO4. The van der Waals surface area contributed by atoms with Crippen molar-refractivity contribution in [2.24, 2.45) is 5.92 Å². The number of fused-ring (bicyclic) bond motifs is 1. The number of amides is 2. The molecule has 5 nitrogen and oxygen atoms in total. The molecule has 4 rings (SSSR count). The van der Waals surface area contributed by atoms with Crippen LogP contribution in [-0.2, 0) is 4.74 Å². The minimum atomic E-state index is -0.825. The third kappa shape index (κ3) is 3.11. The van der Waals surface area contributed by atoms with Crippen molar-refractivity contribution in [3.05, 3.63) is 64.7 Å². The van der Waals surface area contributed by atoms with Gasteiger partial charge in [-0.05, 0) is 43.2 Å². The third-order valence-electron chi connectivity index (χ3n) is 4.85. The summed E-state index contributed by atoms with van der Waals surface area (Å²) < 4.78 is 4.40. The topological polar surface area (TPSA) is 63.7 Å². The molecule has 138 valence electrons. The smallest absolute Gasteiger partial charge is 0.338 e. The highest BCUT2D eigenvalue weighted by Crippen LogP contribution is 2.53. The molecule has 2 aromatic rings. The van der Waals surface area contributed by atoms with Gasteiger partial charge >= 0.3 is 5.97 Å². The van der Waals surface area contributed by atoms with Crippen molar-refractivity contribution in [3.63, 3.8) is 0 Å². The lowest BCUT2D eigenvalue weighted by atomic mass is 10.1. The second-order valence-electron chi connectivity index (χ2n) is 6.75. The number of rotatable bonds is 4. The fourth-order valence-electron chi connectivity index (χ4n) is 3.11. The van der Waals surface area contributed by atoms with E-state index >= 15 is 0 Å². The molecule has 2 amide bonds. The number of esters is 1. The van der Waals surface area contributed by atoms with Crippen molar-refractivity contribution in [3.8, 4) is 0 Å². The summed E-state index contributed by atoms with van der Waals surface area (Å²) in [5, 5.41) is 0. The summed E-state index contributed by atoms with van der Waals surface area (Å²) in [6.07, 6.45) is 0.575. The number of aryl methyl sites for hydroxylation is 1. The number of para-hydroxylation sites is 1. The maximum Gasteiger partial charge on any atom is 0.338 e. The standard InChI is InChI=1S/C20H15Cl2NO4/c1-11-4-2-3-5-16(11)23-17(24)14-7-6-12(8-15(14)18(23)25)19(26)27-10-13-9-20(13,21)22/h2-8,13H,9-10H2,1H3/t13-/m1/s1. The molecule has 0 radical (unpaired) electrons. The monoisotopic (exact) mass is 403 g/mol. The number of ether oxygens (including phenoxy) is 1. The van der Waals surface area contributed by atoms with Gasteiger partial charge in [-0.25, -0.2) is 9.69 Å². The van der Waals surface area contributed by atoms with Gasteiger partial charge in [0.2, 0.25) is 0 Å². The summed E-state index contributed by atoms with van der Waals surface area (Å²) >= 11 is 11.8. The lowest BCUT2D eigenvalue weighted by Crippen LogP contribution is -2.29. The SMILES string of the molecule is Cc1ccccc1N1C(=O)c2ccc(C(=O)OC[C@H]3CC3(Cl)Cl)cc2C1=O. The lowest BCUT2D eigenvalue weighted by molar-refractivity contribution is 0.0485. The van der Waals surface area contributed by atoms with Crippen LogP contribution in [0.3, 0.4) is 0 Å². The van der Waals surface area contributed by atoms with Crippen molar-refractivity contribution in [2.75, 3.05) is 11.5 Å². The molecular weight excluding hydrogens is 389 g/mol. The molecule has 7 heteroatoms. The summed E-state index contributed by atoms with van der Waals surface area (Å²) in [5.41, 5.74) is 2.00. The van der Waals surface area contributed by atoms with Crippen molar-refractivity contribution in [2.45, 2.75) is 17.7 Å². The van der Waals surface area contributed by atoms with Crippen LogP contribution in [0.2, 0.25) is 0 Å². The quantitative estimate of drug-likeness (QED) is 0.437. The van der Waals surface area contributed by atoms with Crippen molar-refractivity contribution < 1.29 is 19.1 Å². The van der Waals surface area contributed by atoms with Crippen LogP contribution in [0.15, 0.2) is 42.5 Å². The Kier molecular flexibility index (Phi) is 4.24. The van der Waals surface area contributed by atoms with E-state index in [0.29, 0.717) is 12.1 Å². The van der Waals surface area contributed by atoms with Crippen molar-refractivity contribution in [1.29, 1.82) is 0 Å². The van der Waals surface area contributed by atoms with Crippen LogP contribution in [0, 0.1) is 12.8 Å². The number of nitrogens with zero attached hydrogens (tertiary/aromatic N) is 1. The second kappa shape index (κ2) is 6.36. The van der Waals surface area contributed by atoms with E-state index in [2.05, 4.69) is 0 Å². The van der Waals surface area contributed by atoms with Crippen LogP contribution in [-0.4, -0.2) is 28.7 Å². The Hall–Kier alpha value is -2.37. The van der Waals surface area contributed by atoms with Crippen LogP contribution < -0.4 is 4.90 Å². The van der Waals surface area contributed by atoms with E-state index in [-0.39, 0.29) is 29.2 Å². The van der Waals surface area contributed by atoms with Crippen LogP contribution in [0.5, 0.6) is 0 Å². The lowest BCUT2D eigenvalue weighted by Gasteiger charge is -2.16. The van der Waals surface area contributed by atoms with E-state index in [4.69, 9.17) is 27.9 Å². The van der Waals surface area contributed by atoms with Gasteiger partial charge in [-0.15, -0.1) is 23.2 Å². The number of hydrogen-bond donors (Lipinski definition) is 0. The minimum absolute atomic E-state index is 0.0843. The van der Waals surface area contributed by atoms with Gasteiger partial charge < -0.3 is 4.74 Å². The Balaban J connectivity index is 1.57. The molecule has 0 saturated heterocycles. The Morgan fingerprint density at radius 3 is 2.48 bits per heavy atom. The van der Waals surface area contributed by atoms with Crippen molar-refractivity contribution in [1.82, 2.24) is 0 Å². The van der Waals surface area contributed by atoms with Gasteiger partial charge in [0.05, 0.1) is 29.0 Å². The molecule has 1 aliphatic heterocycles. The summed E-state index contributed by atoms with van der Waals surface area (Å²) in [5.74, 6) is -1.53. The first-order valence-electron chi connectivity index (χ1n) is 8.43. The Morgan fingerprint density at radius 1 is 1.15 bits per heavy atom. The van der Waals surface area contributed by atoms with Gasteiger partial charge in [-0.2, -0.15) is 0 Å². The third-order valence-corrected chi connectivity index (χ3v) is 5.78. The number of halogens is 2. The molecule has 2 aromatic carbocycles. The minimum Gasteiger partial charge on any atom is -0.462 e. The van der Waals surface area contributed by atoms with E-state index in [9.17, 15) is 14.4 Å². The zero-order valence-electron chi connectivity index (χ0n) is 14.4. The van der Waals surface area contributed by atoms with Crippen LogP contribution >= 0.6 is 23.2 Å². The normalized spacial score (nSPS) is 19.8. The highest BCUT2D eigenvalue weighted by Gasteiger charge is 2.52. The van der Waals surface area contributed by atoms with Gasteiger partial charge in [0, 0.05) is 5.92 Å². The molecule has 1 saturated carbocycles. The van der Waals surface area contributed by atoms with Gasteiger partial charge in [-0.1, -0.05) is 18.2 Å². The molecule has 0 spiro atoms. The van der Waals surface area contributed by atoms with Crippen molar-refractivity contribution >= 4 is 46.7 Å². The first-order chi connectivity index (χ1) is 12.8. The summed E-state index contributed by atoms with van der Waals surface area (Å²) in [6.45, 7) is 1.94. The zero-order valence-corrected chi connectivity index (χ0v) is 15.9. The van der Waals surface area contributed by atoms with E-state index in [0.717, 1.165) is 10.5 Å². The van der Waals surface area contributed by atoms with Crippen LogP contribution in [0.4, 0.5) is 5.69 Å². The number of hydrogen-bond acceptors (Lipinski definition) is 4. The van der Waals surface area contributed by atoms with E-state index in [1.165, 1.54) is 18.2 Å². The predicted octanol–water partition coefficient (Wildman–Crippen LogP) is 4.15. The van der Waals surface area contributed by atoms with Gasteiger partial charge in [0.1, 0.15) is 4.33 Å². The number of carbonyl (C=O) groups is 3. The number of anilines is 1. The van der Waals surface area contributed by atoms with Gasteiger partial charge in [0.25, 0.3) is 11.8 Å². The summed E-state index contributed by atoms with van der Waals surface area (Å²) in [7, 11) is 0. The molecule has 0 N–H and O–H groups in total. The summed E-state index contributed by atoms with van der Waals surface area (Å²) in [6, 6.07) is 11.5. The molecule has 0 bridgehead atoms. The fourth-order valence-corrected chi connectivity index (χ4v) is 3.61. The Bertz CT molecular complexity index is 986.